The predicted octanol–water partition coefficient (Wildman–Crippen LogP) is 2.66. The van der Waals surface area contributed by atoms with E-state index in [0.717, 1.165) is 12.1 Å². The second-order valence-corrected chi connectivity index (χ2v) is 3.63. The highest BCUT2D eigenvalue weighted by Crippen LogP contribution is 2.26. The third kappa shape index (κ3) is 4.09. The van der Waals surface area contributed by atoms with Crippen molar-refractivity contribution in [2.75, 3.05) is 0 Å². The van der Waals surface area contributed by atoms with Gasteiger partial charge in [0, 0.05) is 0 Å². The number of ether oxygens (including phenoxy) is 2. The Hall–Kier alpha value is -2.35. The molecule has 1 aromatic carbocycles. The van der Waals surface area contributed by atoms with Crippen LogP contribution in [0.25, 0.3) is 0 Å². The van der Waals surface area contributed by atoms with Crippen LogP contribution in [0.15, 0.2) is 36.7 Å². The third-order valence-electron chi connectivity index (χ3n) is 2.12. The molecule has 0 saturated heterocycles. The highest BCUT2D eigenvalue weighted by molar-refractivity contribution is 5.33. The number of halogens is 3. The van der Waals surface area contributed by atoms with Gasteiger partial charge in [-0.3, -0.25) is 4.98 Å². The van der Waals surface area contributed by atoms with Gasteiger partial charge in [0.2, 0.25) is 5.88 Å². The zero-order valence-corrected chi connectivity index (χ0v) is 9.96. The van der Waals surface area contributed by atoms with Gasteiger partial charge in [0.25, 0.3) is 0 Å². The van der Waals surface area contributed by atoms with E-state index in [1.807, 2.05) is 0 Å². The molecule has 0 saturated carbocycles. The molecule has 1 aromatic heterocycles. The average Bonchev–Trinajstić information content (AvgIpc) is 2.40. The molecule has 106 valence electrons. The van der Waals surface area contributed by atoms with Gasteiger partial charge < -0.3 is 14.6 Å². The summed E-state index contributed by atoms with van der Waals surface area (Å²) in [5, 5.41) is 8.79. The van der Waals surface area contributed by atoms with E-state index in [0.29, 0.717) is 5.69 Å². The number of aliphatic hydroxyl groups is 1. The van der Waals surface area contributed by atoms with Crippen LogP contribution in [0.2, 0.25) is 0 Å². The van der Waals surface area contributed by atoms with E-state index >= 15 is 0 Å². The molecule has 20 heavy (non-hydrogen) atoms. The Labute approximate surface area is 111 Å². The van der Waals surface area contributed by atoms with Gasteiger partial charge in [0.1, 0.15) is 11.5 Å². The van der Waals surface area contributed by atoms with Crippen LogP contribution < -0.4 is 9.47 Å². The lowest BCUT2D eigenvalue weighted by molar-refractivity contribution is -0.274. The van der Waals surface area contributed by atoms with Crippen molar-refractivity contribution in [2.24, 2.45) is 0 Å². The van der Waals surface area contributed by atoms with Crippen molar-refractivity contribution in [2.45, 2.75) is 13.0 Å². The van der Waals surface area contributed by atoms with E-state index in [4.69, 9.17) is 9.84 Å². The maximum atomic E-state index is 12.0. The van der Waals surface area contributed by atoms with Crippen LogP contribution >= 0.6 is 0 Å². The fourth-order valence-corrected chi connectivity index (χ4v) is 1.31. The Bertz CT molecular complexity index is 556. The maximum absolute atomic E-state index is 12.0. The number of alkyl halides is 3. The minimum atomic E-state index is -4.73. The van der Waals surface area contributed by atoms with Crippen LogP contribution in [0.4, 0.5) is 13.2 Å². The smallest absolute Gasteiger partial charge is 0.438 e. The second kappa shape index (κ2) is 5.74. The van der Waals surface area contributed by atoms with Crippen molar-refractivity contribution in [3.8, 4) is 17.4 Å². The van der Waals surface area contributed by atoms with Crippen LogP contribution in [0.5, 0.6) is 17.4 Å². The molecule has 1 N–H and O–H groups in total. The molecule has 0 aliphatic rings. The van der Waals surface area contributed by atoms with Crippen LogP contribution in [0, 0.1) is 0 Å². The zero-order chi connectivity index (χ0) is 14.6. The first-order valence-corrected chi connectivity index (χ1v) is 5.42. The quantitative estimate of drug-likeness (QED) is 0.936. The number of aliphatic hydroxyl groups excluding tert-OH is 1. The summed E-state index contributed by atoms with van der Waals surface area (Å²) < 4.78 is 44.9. The first-order valence-electron chi connectivity index (χ1n) is 5.42. The minimum Gasteiger partial charge on any atom is -0.438 e. The number of benzene rings is 1. The first kappa shape index (κ1) is 14.1. The van der Waals surface area contributed by atoms with Gasteiger partial charge in [-0.05, 0) is 24.3 Å². The molecule has 0 aliphatic heterocycles. The molecule has 0 unspecified atom stereocenters. The minimum absolute atomic E-state index is 0.159. The molecule has 2 aromatic rings. The summed E-state index contributed by atoms with van der Waals surface area (Å²) in [7, 11) is 0. The summed E-state index contributed by atoms with van der Waals surface area (Å²) in [4.78, 5) is 7.72. The van der Waals surface area contributed by atoms with Crippen LogP contribution in [-0.4, -0.2) is 21.4 Å². The highest BCUT2D eigenvalue weighted by Gasteiger charge is 2.30. The Kier molecular flexibility index (Phi) is 4.04. The molecule has 1 heterocycles. The van der Waals surface area contributed by atoms with Crippen molar-refractivity contribution in [1.29, 1.82) is 0 Å². The second-order valence-electron chi connectivity index (χ2n) is 3.63. The summed E-state index contributed by atoms with van der Waals surface area (Å²) in [5.41, 5.74) is 0.381. The molecule has 0 aliphatic carbocycles. The van der Waals surface area contributed by atoms with E-state index in [-0.39, 0.29) is 24.0 Å². The molecule has 0 atom stereocenters. The van der Waals surface area contributed by atoms with E-state index in [2.05, 4.69) is 14.7 Å². The Morgan fingerprint density at radius 2 is 1.65 bits per heavy atom. The van der Waals surface area contributed by atoms with Crippen molar-refractivity contribution in [1.82, 2.24) is 9.97 Å². The molecule has 0 fully saturated rings. The highest BCUT2D eigenvalue weighted by atomic mass is 19.4. The number of nitrogens with zero attached hydrogens (tertiary/aromatic N) is 2. The molecule has 8 heteroatoms. The van der Waals surface area contributed by atoms with Gasteiger partial charge >= 0.3 is 6.36 Å². The van der Waals surface area contributed by atoms with Crippen molar-refractivity contribution >= 4 is 0 Å². The van der Waals surface area contributed by atoms with E-state index in [1.165, 1.54) is 24.5 Å². The van der Waals surface area contributed by atoms with Crippen LogP contribution in [0.3, 0.4) is 0 Å². The van der Waals surface area contributed by atoms with E-state index < -0.39 is 6.36 Å². The maximum Gasteiger partial charge on any atom is 0.573 e. The largest absolute Gasteiger partial charge is 0.573 e. The Balaban J connectivity index is 2.02. The summed E-state index contributed by atoms with van der Waals surface area (Å²) in [6, 6.07) is 4.86. The molecule has 0 amide bonds. The summed E-state index contributed by atoms with van der Waals surface area (Å²) in [5.74, 6) is 0.101. The van der Waals surface area contributed by atoms with Crippen LogP contribution in [-0.2, 0) is 6.61 Å². The molecular weight excluding hydrogens is 277 g/mol. The average molecular weight is 286 g/mol. The Morgan fingerprint density at radius 3 is 2.15 bits per heavy atom. The van der Waals surface area contributed by atoms with Gasteiger partial charge in [0.05, 0.1) is 24.7 Å². The topological polar surface area (TPSA) is 64.5 Å². The first-order chi connectivity index (χ1) is 9.46. The lowest BCUT2D eigenvalue weighted by Gasteiger charge is -2.09. The third-order valence-corrected chi connectivity index (χ3v) is 2.12. The SMILES string of the molecule is OCc1cnc(Oc2ccc(OC(F)(F)F)cc2)cn1. The normalized spacial score (nSPS) is 11.2. The summed E-state index contributed by atoms with van der Waals surface area (Å²) >= 11 is 0. The standard InChI is InChI=1S/C12H9F3N2O3/c13-12(14,15)20-10-3-1-9(2-4-10)19-11-6-16-8(7-18)5-17-11/h1-6,18H,7H2. The molecule has 0 radical (unpaired) electrons. The molecule has 0 spiro atoms. The molecule has 5 nitrogen and oxygen atoms in total. The molecule has 2 rings (SSSR count). The number of hydrogen-bond donors (Lipinski definition) is 1. The van der Waals surface area contributed by atoms with E-state index in [1.54, 1.807) is 0 Å². The van der Waals surface area contributed by atoms with E-state index in [9.17, 15) is 13.2 Å². The van der Waals surface area contributed by atoms with Gasteiger partial charge in [0.15, 0.2) is 0 Å². The fourth-order valence-electron chi connectivity index (χ4n) is 1.31. The molecule has 0 bridgehead atoms. The number of rotatable bonds is 4. The van der Waals surface area contributed by atoms with Gasteiger partial charge in [-0.25, -0.2) is 4.98 Å². The fraction of sp³-hybridized carbons (Fsp3) is 0.167. The van der Waals surface area contributed by atoms with Gasteiger partial charge in [-0.2, -0.15) is 0 Å². The molecular formula is C12H9F3N2O3. The number of aromatic nitrogens is 2. The summed E-state index contributed by atoms with van der Waals surface area (Å²) in [6.45, 7) is -0.239. The van der Waals surface area contributed by atoms with Crippen LogP contribution in [0.1, 0.15) is 5.69 Å². The predicted molar refractivity (Wildman–Crippen MR) is 61.2 cm³/mol. The lowest BCUT2D eigenvalue weighted by atomic mass is 10.3. The van der Waals surface area contributed by atoms with Gasteiger partial charge in [-0.1, -0.05) is 0 Å². The number of hydrogen-bond acceptors (Lipinski definition) is 5. The summed E-state index contributed by atoms with van der Waals surface area (Å²) in [6.07, 6.45) is -2.10. The zero-order valence-electron chi connectivity index (χ0n) is 9.96. The monoisotopic (exact) mass is 286 g/mol. The van der Waals surface area contributed by atoms with Crippen molar-refractivity contribution < 1.29 is 27.8 Å². The van der Waals surface area contributed by atoms with Gasteiger partial charge in [-0.15, -0.1) is 13.2 Å². The lowest BCUT2D eigenvalue weighted by Crippen LogP contribution is -2.16. The van der Waals surface area contributed by atoms with Crippen molar-refractivity contribution in [3.63, 3.8) is 0 Å². The Morgan fingerprint density at radius 1 is 1.00 bits per heavy atom. The van der Waals surface area contributed by atoms with Crippen molar-refractivity contribution in [3.05, 3.63) is 42.4 Å².